The zero-order chi connectivity index (χ0) is 7.98. The maximum atomic E-state index is 10.7. The third-order valence-corrected chi connectivity index (χ3v) is 1.50. The predicted molar refractivity (Wildman–Crippen MR) is 41.4 cm³/mol. The van der Waals surface area contributed by atoms with Gasteiger partial charge in [-0.3, -0.25) is 4.79 Å². The van der Waals surface area contributed by atoms with Gasteiger partial charge >= 0.3 is 5.97 Å². The molecular formula is C6H10Cl2O2. The highest BCUT2D eigenvalue weighted by Crippen LogP contribution is 2.06. The number of esters is 1. The van der Waals surface area contributed by atoms with Crippen LogP contribution < -0.4 is 0 Å². The summed E-state index contributed by atoms with van der Waals surface area (Å²) in [5, 5.41) is -0.538. The predicted octanol–water partition coefficient (Wildman–Crippen LogP) is 2.13. The van der Waals surface area contributed by atoms with Crippen molar-refractivity contribution in [2.24, 2.45) is 0 Å². The van der Waals surface area contributed by atoms with E-state index in [0.717, 1.165) is 6.42 Å². The SMILES string of the molecule is CCCC(Cl)C(=O)OCCl. The third-order valence-electron chi connectivity index (χ3n) is 0.995. The highest BCUT2D eigenvalue weighted by molar-refractivity contribution is 6.30. The number of halogens is 2. The molecule has 10 heavy (non-hydrogen) atoms. The van der Waals surface area contributed by atoms with Crippen molar-refractivity contribution >= 4 is 29.2 Å². The first-order valence-corrected chi connectivity index (χ1v) is 4.06. The van der Waals surface area contributed by atoms with Gasteiger partial charge in [0.05, 0.1) is 0 Å². The number of hydrogen-bond acceptors (Lipinski definition) is 2. The molecule has 60 valence electrons. The van der Waals surface area contributed by atoms with Crippen LogP contribution in [0.1, 0.15) is 19.8 Å². The second-order valence-corrected chi connectivity index (χ2v) is 2.57. The summed E-state index contributed by atoms with van der Waals surface area (Å²) in [4.78, 5) is 10.7. The fourth-order valence-corrected chi connectivity index (χ4v) is 0.904. The van der Waals surface area contributed by atoms with Gasteiger partial charge in [-0.25, -0.2) is 0 Å². The van der Waals surface area contributed by atoms with E-state index < -0.39 is 11.3 Å². The molecule has 0 spiro atoms. The van der Waals surface area contributed by atoms with Crippen LogP contribution in [0.3, 0.4) is 0 Å². The van der Waals surface area contributed by atoms with E-state index in [1.807, 2.05) is 6.92 Å². The lowest BCUT2D eigenvalue weighted by Gasteiger charge is -2.04. The highest BCUT2D eigenvalue weighted by Gasteiger charge is 2.14. The van der Waals surface area contributed by atoms with Gasteiger partial charge < -0.3 is 4.74 Å². The van der Waals surface area contributed by atoms with Gasteiger partial charge in [0.15, 0.2) is 6.07 Å². The largest absolute Gasteiger partial charge is 0.448 e. The molecule has 0 amide bonds. The molecule has 0 radical (unpaired) electrons. The third kappa shape index (κ3) is 3.96. The van der Waals surface area contributed by atoms with Gasteiger partial charge in [0.1, 0.15) is 5.38 Å². The Kier molecular flexibility index (Phi) is 5.84. The molecule has 0 aliphatic rings. The van der Waals surface area contributed by atoms with Gasteiger partial charge in [0.2, 0.25) is 0 Å². The van der Waals surface area contributed by atoms with Crippen LogP contribution in [-0.2, 0) is 9.53 Å². The maximum Gasteiger partial charge on any atom is 0.325 e. The first-order chi connectivity index (χ1) is 4.72. The Morgan fingerprint density at radius 3 is 2.70 bits per heavy atom. The zero-order valence-electron chi connectivity index (χ0n) is 5.77. The summed E-state index contributed by atoms with van der Waals surface area (Å²) >= 11 is 10.7. The molecule has 0 rings (SSSR count). The lowest BCUT2D eigenvalue weighted by atomic mass is 10.2. The average Bonchev–Trinajstić information content (AvgIpc) is 1.89. The van der Waals surface area contributed by atoms with Crippen LogP contribution in [0.2, 0.25) is 0 Å². The van der Waals surface area contributed by atoms with E-state index in [1.54, 1.807) is 0 Å². The fourth-order valence-electron chi connectivity index (χ4n) is 0.515. The number of ether oxygens (including phenoxy) is 1. The molecule has 0 bridgehead atoms. The maximum absolute atomic E-state index is 10.7. The van der Waals surface area contributed by atoms with E-state index in [9.17, 15) is 4.79 Å². The first kappa shape index (κ1) is 10.0. The molecule has 0 N–H and O–H groups in total. The molecule has 1 unspecified atom stereocenters. The summed E-state index contributed by atoms with van der Waals surface area (Å²) in [6, 6.07) is -0.119. The average molecular weight is 185 g/mol. The van der Waals surface area contributed by atoms with Gasteiger partial charge in [0.25, 0.3) is 0 Å². The van der Waals surface area contributed by atoms with E-state index in [0.29, 0.717) is 6.42 Å². The van der Waals surface area contributed by atoms with Crippen molar-refractivity contribution in [2.45, 2.75) is 25.1 Å². The minimum absolute atomic E-state index is 0.119. The van der Waals surface area contributed by atoms with Crippen molar-refractivity contribution in [3.63, 3.8) is 0 Å². The number of carbonyl (C=O) groups excluding carboxylic acids is 1. The van der Waals surface area contributed by atoms with Crippen molar-refractivity contribution < 1.29 is 9.53 Å². The Labute approximate surface area is 70.4 Å². The van der Waals surface area contributed by atoms with Crippen molar-refractivity contribution in [1.29, 1.82) is 0 Å². The summed E-state index contributed by atoms with van der Waals surface area (Å²) < 4.78 is 4.45. The lowest BCUT2D eigenvalue weighted by molar-refractivity contribution is -0.141. The Morgan fingerprint density at radius 2 is 2.30 bits per heavy atom. The van der Waals surface area contributed by atoms with E-state index >= 15 is 0 Å². The molecule has 0 aromatic heterocycles. The summed E-state index contributed by atoms with van der Waals surface area (Å²) in [6.07, 6.45) is 1.50. The van der Waals surface area contributed by atoms with Crippen LogP contribution in [0.15, 0.2) is 0 Å². The van der Waals surface area contributed by atoms with Crippen LogP contribution in [0.5, 0.6) is 0 Å². The number of alkyl halides is 2. The summed E-state index contributed by atoms with van der Waals surface area (Å²) in [5.41, 5.74) is 0. The van der Waals surface area contributed by atoms with Crippen LogP contribution in [0.25, 0.3) is 0 Å². The Morgan fingerprint density at radius 1 is 1.70 bits per heavy atom. The van der Waals surface area contributed by atoms with Crippen molar-refractivity contribution in [1.82, 2.24) is 0 Å². The summed E-state index contributed by atoms with van der Waals surface area (Å²) in [6.45, 7) is 1.95. The van der Waals surface area contributed by atoms with Crippen LogP contribution in [0, 0.1) is 0 Å². The van der Waals surface area contributed by atoms with Crippen molar-refractivity contribution in [3.05, 3.63) is 0 Å². The van der Waals surface area contributed by atoms with Crippen LogP contribution in [-0.4, -0.2) is 17.4 Å². The van der Waals surface area contributed by atoms with Crippen molar-refractivity contribution in [2.75, 3.05) is 6.07 Å². The molecule has 0 aliphatic carbocycles. The van der Waals surface area contributed by atoms with Gasteiger partial charge in [0, 0.05) is 0 Å². The molecule has 2 nitrogen and oxygen atoms in total. The standard InChI is InChI=1S/C6H10Cl2O2/c1-2-3-5(8)6(9)10-4-7/h5H,2-4H2,1H3. The normalized spacial score (nSPS) is 12.7. The Hall–Kier alpha value is 0.0500. The molecule has 4 heteroatoms. The minimum atomic E-state index is -0.538. The number of rotatable bonds is 4. The molecule has 0 aromatic rings. The smallest absolute Gasteiger partial charge is 0.325 e. The topological polar surface area (TPSA) is 26.3 Å². The minimum Gasteiger partial charge on any atom is -0.448 e. The summed E-state index contributed by atoms with van der Waals surface area (Å²) in [5.74, 6) is -0.432. The van der Waals surface area contributed by atoms with E-state index in [2.05, 4.69) is 4.74 Å². The Balaban J connectivity index is 3.49. The molecule has 0 heterocycles. The quantitative estimate of drug-likeness (QED) is 0.495. The summed E-state index contributed by atoms with van der Waals surface area (Å²) in [7, 11) is 0. The number of hydrogen-bond donors (Lipinski definition) is 0. The molecule has 1 atom stereocenters. The molecule has 0 saturated carbocycles. The zero-order valence-corrected chi connectivity index (χ0v) is 7.28. The fraction of sp³-hybridized carbons (Fsp3) is 0.833. The van der Waals surface area contributed by atoms with Gasteiger partial charge in [-0.05, 0) is 6.42 Å². The molecule has 0 fully saturated rings. The van der Waals surface area contributed by atoms with Crippen molar-refractivity contribution in [3.8, 4) is 0 Å². The first-order valence-electron chi connectivity index (χ1n) is 3.09. The van der Waals surface area contributed by atoms with Crippen LogP contribution in [0.4, 0.5) is 0 Å². The van der Waals surface area contributed by atoms with Gasteiger partial charge in [-0.15, -0.1) is 11.6 Å². The second kappa shape index (κ2) is 5.81. The Bertz CT molecular complexity index is 106. The highest BCUT2D eigenvalue weighted by atomic mass is 35.5. The van der Waals surface area contributed by atoms with E-state index in [-0.39, 0.29) is 6.07 Å². The molecular weight excluding hydrogens is 175 g/mol. The second-order valence-electron chi connectivity index (χ2n) is 1.83. The lowest BCUT2D eigenvalue weighted by Crippen LogP contribution is -2.16. The molecule has 0 aromatic carbocycles. The molecule has 0 aliphatic heterocycles. The molecule has 0 saturated heterocycles. The van der Waals surface area contributed by atoms with E-state index in [4.69, 9.17) is 23.2 Å². The van der Waals surface area contributed by atoms with Gasteiger partial charge in [-0.1, -0.05) is 24.9 Å². The number of carbonyl (C=O) groups is 1. The monoisotopic (exact) mass is 184 g/mol. The van der Waals surface area contributed by atoms with Crippen LogP contribution >= 0.6 is 23.2 Å². The van der Waals surface area contributed by atoms with E-state index in [1.165, 1.54) is 0 Å². The van der Waals surface area contributed by atoms with Gasteiger partial charge in [-0.2, -0.15) is 0 Å².